The van der Waals surface area contributed by atoms with Gasteiger partial charge in [-0.05, 0) is 64.2 Å². The van der Waals surface area contributed by atoms with E-state index in [9.17, 15) is 9.59 Å². The molecule has 1 atom stereocenters. The van der Waals surface area contributed by atoms with Gasteiger partial charge in [0.05, 0.1) is 0 Å². The smallest absolute Gasteiger partial charge is 0.306 e. The number of unbranched alkanes of at least 4 members (excludes halogenated alkanes) is 19. The van der Waals surface area contributed by atoms with Crippen LogP contribution in [0, 0.1) is 0 Å². The van der Waals surface area contributed by atoms with Crippen molar-refractivity contribution in [2.45, 2.75) is 200 Å². The molecule has 0 aliphatic rings. The van der Waals surface area contributed by atoms with Crippen LogP contribution in [0.25, 0.3) is 0 Å². The average molecular weight is 577 g/mol. The summed E-state index contributed by atoms with van der Waals surface area (Å²) in [4.78, 5) is 22.9. The molecule has 0 saturated carbocycles. The lowest BCUT2D eigenvalue weighted by Crippen LogP contribution is -2.18. The minimum absolute atomic E-state index is 0.00870. The molecule has 4 heteroatoms. The van der Waals surface area contributed by atoms with Crippen molar-refractivity contribution >= 4 is 11.9 Å². The largest absolute Gasteiger partial charge is 0.481 e. The maximum Gasteiger partial charge on any atom is 0.306 e. The topological polar surface area (TPSA) is 63.6 Å². The fraction of sp³-hybridized carbons (Fsp3) is 0.838. The molecule has 0 spiro atoms. The summed E-state index contributed by atoms with van der Waals surface area (Å²) in [6.07, 6.45) is 41.0. The molecule has 0 aromatic rings. The van der Waals surface area contributed by atoms with Crippen molar-refractivity contribution in [1.82, 2.24) is 0 Å². The number of carbonyl (C=O) groups excluding carboxylic acids is 1. The Morgan fingerprint density at radius 3 is 1.51 bits per heavy atom. The van der Waals surface area contributed by atoms with Crippen LogP contribution in [-0.4, -0.2) is 23.1 Å². The number of esters is 1. The molecule has 0 heterocycles. The van der Waals surface area contributed by atoms with E-state index in [4.69, 9.17) is 9.84 Å². The molecule has 0 aliphatic heterocycles. The molecule has 4 nitrogen and oxygen atoms in total. The van der Waals surface area contributed by atoms with E-state index in [1.807, 2.05) is 0 Å². The molecule has 0 saturated heterocycles. The van der Waals surface area contributed by atoms with Crippen LogP contribution in [0.3, 0.4) is 0 Å². The van der Waals surface area contributed by atoms with Gasteiger partial charge in [0.25, 0.3) is 0 Å². The molecule has 0 rings (SSSR count). The Bertz CT molecular complexity index is 624. The van der Waals surface area contributed by atoms with Crippen LogP contribution in [-0.2, 0) is 14.3 Å². The highest BCUT2D eigenvalue weighted by Crippen LogP contribution is 2.17. The standard InChI is InChI=1S/C37H68O4/c1-3-5-6-7-8-9-10-11-12-13-14-15-16-21-24-27-30-34-37(40)41-35(31-4-2)32-28-25-22-19-17-18-20-23-26-29-33-36(38)39/h8-9,11-12,35H,3-7,10,13-34H2,1-2H3,(H,38,39)/b9-8-,12-11-. The van der Waals surface area contributed by atoms with Crippen molar-refractivity contribution in [2.75, 3.05) is 0 Å². The van der Waals surface area contributed by atoms with Crippen LogP contribution in [0.5, 0.6) is 0 Å². The molecule has 1 unspecified atom stereocenters. The van der Waals surface area contributed by atoms with Crippen molar-refractivity contribution in [3.63, 3.8) is 0 Å². The second-order valence-electron chi connectivity index (χ2n) is 12.1. The molecule has 41 heavy (non-hydrogen) atoms. The number of rotatable bonds is 32. The Labute approximate surface area is 255 Å². The van der Waals surface area contributed by atoms with E-state index in [-0.39, 0.29) is 12.1 Å². The molecule has 0 fully saturated rings. The fourth-order valence-electron chi connectivity index (χ4n) is 5.33. The highest BCUT2D eigenvalue weighted by Gasteiger charge is 2.13. The third kappa shape index (κ3) is 32.8. The van der Waals surface area contributed by atoms with Gasteiger partial charge in [-0.3, -0.25) is 9.59 Å². The molecule has 0 aliphatic carbocycles. The first-order valence-electron chi connectivity index (χ1n) is 17.8. The summed E-state index contributed by atoms with van der Waals surface area (Å²) in [5.74, 6) is -0.668. The van der Waals surface area contributed by atoms with Gasteiger partial charge in [-0.1, -0.05) is 141 Å². The quantitative estimate of drug-likeness (QED) is 0.0491. The third-order valence-electron chi connectivity index (χ3n) is 7.91. The number of carboxylic acids is 1. The summed E-state index contributed by atoms with van der Waals surface area (Å²) in [5.41, 5.74) is 0. The first-order valence-corrected chi connectivity index (χ1v) is 17.8. The summed E-state index contributed by atoms with van der Waals surface area (Å²) < 4.78 is 5.84. The van der Waals surface area contributed by atoms with E-state index in [2.05, 4.69) is 38.2 Å². The average Bonchev–Trinajstić information content (AvgIpc) is 2.95. The predicted molar refractivity (Wildman–Crippen MR) is 176 cm³/mol. The Hall–Kier alpha value is -1.58. The second-order valence-corrected chi connectivity index (χ2v) is 12.1. The molecular weight excluding hydrogens is 508 g/mol. The van der Waals surface area contributed by atoms with Crippen LogP contribution in [0.1, 0.15) is 194 Å². The fourth-order valence-corrected chi connectivity index (χ4v) is 5.33. The summed E-state index contributed by atoms with van der Waals surface area (Å²) in [6, 6.07) is 0. The second kappa shape index (κ2) is 32.9. The number of aliphatic carboxylic acids is 1. The van der Waals surface area contributed by atoms with Crippen molar-refractivity contribution in [1.29, 1.82) is 0 Å². The summed E-state index contributed by atoms with van der Waals surface area (Å²) in [6.45, 7) is 4.43. The third-order valence-corrected chi connectivity index (χ3v) is 7.91. The molecule has 0 radical (unpaired) electrons. The van der Waals surface area contributed by atoms with Gasteiger partial charge in [0.15, 0.2) is 0 Å². The van der Waals surface area contributed by atoms with Gasteiger partial charge in [0, 0.05) is 12.8 Å². The number of hydrogen-bond donors (Lipinski definition) is 1. The lowest BCUT2D eigenvalue weighted by Gasteiger charge is -2.17. The molecular formula is C37H68O4. The number of carboxylic acid groups (broad SMARTS) is 1. The Balaban J connectivity index is 3.57. The maximum atomic E-state index is 12.4. The molecule has 0 aromatic carbocycles. The predicted octanol–water partition coefficient (Wildman–Crippen LogP) is 12.1. The SMILES string of the molecule is CCCCC/C=C\C/C=C\CCCCCCCCCC(=O)OC(CCC)CCCCCCCCCCCCC(=O)O. The number of ether oxygens (including phenoxy) is 1. The van der Waals surface area contributed by atoms with Crippen molar-refractivity contribution in [2.24, 2.45) is 0 Å². The number of hydrogen-bond acceptors (Lipinski definition) is 3. The minimum Gasteiger partial charge on any atom is -0.481 e. The Morgan fingerprint density at radius 2 is 1.00 bits per heavy atom. The van der Waals surface area contributed by atoms with Crippen LogP contribution >= 0.6 is 0 Å². The normalized spacial score (nSPS) is 12.4. The Morgan fingerprint density at radius 1 is 0.537 bits per heavy atom. The first kappa shape index (κ1) is 39.4. The van der Waals surface area contributed by atoms with Crippen LogP contribution < -0.4 is 0 Å². The number of allylic oxidation sites excluding steroid dienone is 4. The molecule has 240 valence electrons. The zero-order chi connectivity index (χ0) is 30.1. The molecule has 0 aromatic heterocycles. The van der Waals surface area contributed by atoms with Crippen molar-refractivity contribution in [3.05, 3.63) is 24.3 Å². The van der Waals surface area contributed by atoms with Crippen LogP contribution in [0.2, 0.25) is 0 Å². The van der Waals surface area contributed by atoms with Gasteiger partial charge in [0.1, 0.15) is 6.10 Å². The van der Waals surface area contributed by atoms with E-state index in [0.29, 0.717) is 12.8 Å². The van der Waals surface area contributed by atoms with E-state index < -0.39 is 5.97 Å². The minimum atomic E-state index is -0.677. The van der Waals surface area contributed by atoms with Gasteiger partial charge in [0.2, 0.25) is 0 Å². The zero-order valence-electron chi connectivity index (χ0n) is 27.4. The van der Waals surface area contributed by atoms with Gasteiger partial charge >= 0.3 is 11.9 Å². The molecule has 0 bridgehead atoms. The molecule has 0 amide bonds. The maximum absolute atomic E-state index is 12.4. The van der Waals surface area contributed by atoms with E-state index in [1.54, 1.807) is 0 Å². The van der Waals surface area contributed by atoms with E-state index >= 15 is 0 Å². The zero-order valence-corrected chi connectivity index (χ0v) is 27.4. The van der Waals surface area contributed by atoms with Gasteiger partial charge in [-0.25, -0.2) is 0 Å². The van der Waals surface area contributed by atoms with Gasteiger partial charge in [-0.2, -0.15) is 0 Å². The lowest BCUT2D eigenvalue weighted by molar-refractivity contribution is -0.150. The van der Waals surface area contributed by atoms with E-state index in [1.165, 1.54) is 103 Å². The monoisotopic (exact) mass is 577 g/mol. The van der Waals surface area contributed by atoms with E-state index in [0.717, 1.165) is 64.2 Å². The van der Waals surface area contributed by atoms with Crippen LogP contribution in [0.4, 0.5) is 0 Å². The van der Waals surface area contributed by atoms with Crippen molar-refractivity contribution in [3.8, 4) is 0 Å². The highest BCUT2D eigenvalue weighted by atomic mass is 16.5. The highest BCUT2D eigenvalue weighted by molar-refractivity contribution is 5.69. The summed E-state index contributed by atoms with van der Waals surface area (Å²) >= 11 is 0. The van der Waals surface area contributed by atoms with Gasteiger partial charge < -0.3 is 9.84 Å². The molecule has 1 N–H and O–H groups in total. The van der Waals surface area contributed by atoms with Crippen LogP contribution in [0.15, 0.2) is 24.3 Å². The number of carbonyl (C=O) groups is 2. The summed E-state index contributed by atoms with van der Waals surface area (Å²) in [7, 11) is 0. The summed E-state index contributed by atoms with van der Waals surface area (Å²) in [5, 5.41) is 8.66. The first-order chi connectivity index (χ1) is 20.1. The van der Waals surface area contributed by atoms with Gasteiger partial charge in [-0.15, -0.1) is 0 Å². The Kier molecular flexibility index (Phi) is 31.7. The van der Waals surface area contributed by atoms with Crippen molar-refractivity contribution < 1.29 is 19.4 Å². The lowest BCUT2D eigenvalue weighted by atomic mass is 10.0.